The zero-order chi connectivity index (χ0) is 30.1. The third kappa shape index (κ3) is 8.12. The molecule has 1 saturated heterocycles. The lowest BCUT2D eigenvalue weighted by atomic mass is 9.90. The fourth-order valence-corrected chi connectivity index (χ4v) is 4.55. The second-order valence-electron chi connectivity index (χ2n) is 9.61. The number of benzene rings is 3. The number of hydrogen-bond acceptors (Lipinski definition) is 3. The zero-order valence-corrected chi connectivity index (χ0v) is 22.5. The summed E-state index contributed by atoms with van der Waals surface area (Å²) in [6.07, 6.45) is 4.45. The number of hydrogen-bond donors (Lipinski definition) is 0. The summed E-state index contributed by atoms with van der Waals surface area (Å²) in [6, 6.07) is 5.73. The van der Waals surface area contributed by atoms with Crippen LogP contribution in [0, 0.1) is 40.8 Å². The second kappa shape index (κ2) is 15.0. The van der Waals surface area contributed by atoms with E-state index in [0.717, 1.165) is 37.8 Å². The molecule has 1 fully saturated rings. The molecule has 0 spiro atoms. The lowest BCUT2D eigenvalue weighted by Gasteiger charge is -2.29. The summed E-state index contributed by atoms with van der Waals surface area (Å²) in [6.45, 7) is 3.75. The molecule has 224 valence electrons. The summed E-state index contributed by atoms with van der Waals surface area (Å²) in [4.78, 5) is 2.98. The highest BCUT2D eigenvalue weighted by molar-refractivity contribution is 5.72. The molecule has 0 aromatic heterocycles. The van der Waals surface area contributed by atoms with Crippen molar-refractivity contribution in [3.8, 4) is 22.6 Å². The van der Waals surface area contributed by atoms with Gasteiger partial charge in [0.05, 0.1) is 30.4 Å². The van der Waals surface area contributed by atoms with Crippen LogP contribution in [-0.4, -0.2) is 13.2 Å². The van der Waals surface area contributed by atoms with E-state index >= 15 is 4.39 Å². The lowest BCUT2D eigenvalue weighted by molar-refractivity contribution is -0.0197. The molecule has 4 rings (SSSR count). The van der Waals surface area contributed by atoms with E-state index in [-0.39, 0.29) is 23.0 Å². The van der Waals surface area contributed by atoms with Crippen LogP contribution >= 0.6 is 0 Å². The van der Waals surface area contributed by atoms with Gasteiger partial charge in [-0.25, -0.2) is 30.7 Å². The quantitative estimate of drug-likeness (QED) is 0.184. The van der Waals surface area contributed by atoms with Crippen LogP contribution in [0.5, 0.6) is 11.5 Å². The normalized spacial score (nSPS) is 16.6. The fraction of sp³-hybridized carbons (Fsp3) is 0.400. The molecule has 0 radical (unpaired) electrons. The van der Waals surface area contributed by atoms with Gasteiger partial charge in [-0.2, -0.15) is 0 Å². The minimum Gasteiger partial charge on any atom is -0.493 e. The van der Waals surface area contributed by atoms with Gasteiger partial charge in [0.1, 0.15) is 29.9 Å². The van der Waals surface area contributed by atoms with E-state index in [4.69, 9.17) is 9.47 Å². The lowest BCUT2D eigenvalue weighted by Crippen LogP contribution is -2.20. The summed E-state index contributed by atoms with van der Waals surface area (Å²) >= 11 is 0. The van der Waals surface area contributed by atoms with Gasteiger partial charge in [-0.1, -0.05) is 20.3 Å². The number of ether oxygens (including phenoxy) is 2. The average Bonchev–Trinajstić information content (AvgIpc) is 2.95. The fourth-order valence-electron chi connectivity index (χ4n) is 4.55. The van der Waals surface area contributed by atoms with Crippen LogP contribution in [0.2, 0.25) is 0 Å². The molecule has 0 aliphatic carbocycles. The molecule has 2 atom stereocenters. The summed E-state index contributed by atoms with van der Waals surface area (Å²) < 4.78 is 116. The molecular formula is C30H30F8O3. The van der Waals surface area contributed by atoms with Gasteiger partial charge in [0.15, 0.2) is 23.2 Å². The molecule has 1 aliphatic heterocycles. The van der Waals surface area contributed by atoms with E-state index in [1.807, 2.05) is 6.92 Å². The highest BCUT2D eigenvalue weighted by atomic mass is 19.3. The smallest absolute Gasteiger partial charge is 0.194 e. The van der Waals surface area contributed by atoms with E-state index < -0.39 is 52.9 Å². The van der Waals surface area contributed by atoms with E-state index in [0.29, 0.717) is 43.2 Å². The molecule has 11 heteroatoms. The van der Waals surface area contributed by atoms with Crippen LogP contribution in [0.1, 0.15) is 63.2 Å². The molecule has 0 saturated carbocycles. The van der Waals surface area contributed by atoms with Crippen LogP contribution in [-0.2, 0) is 11.4 Å². The Balaban J connectivity index is 0.000000352. The van der Waals surface area contributed by atoms with Crippen LogP contribution < -0.4 is 9.68 Å². The van der Waals surface area contributed by atoms with Crippen molar-refractivity contribution in [1.29, 1.82) is 0 Å². The predicted octanol–water partition coefficient (Wildman–Crippen LogP) is 9.66. The van der Waals surface area contributed by atoms with Crippen molar-refractivity contribution in [2.75, 3.05) is 13.2 Å². The first-order chi connectivity index (χ1) is 19.6. The summed E-state index contributed by atoms with van der Waals surface area (Å²) in [7, 11) is 0. The van der Waals surface area contributed by atoms with Crippen molar-refractivity contribution in [3.63, 3.8) is 0 Å². The second-order valence-corrected chi connectivity index (χ2v) is 9.61. The maximum Gasteiger partial charge on any atom is 0.194 e. The highest BCUT2D eigenvalue weighted by Crippen LogP contribution is 2.40. The minimum atomic E-state index is -1.65. The van der Waals surface area contributed by atoms with Gasteiger partial charge >= 0.3 is 0 Å². The van der Waals surface area contributed by atoms with Crippen molar-refractivity contribution >= 4 is 0 Å². The van der Waals surface area contributed by atoms with Crippen molar-refractivity contribution in [2.24, 2.45) is 5.92 Å². The maximum absolute atomic E-state index is 15.2. The van der Waals surface area contributed by atoms with Crippen molar-refractivity contribution < 1.29 is 49.7 Å². The maximum atomic E-state index is 15.2. The van der Waals surface area contributed by atoms with Crippen molar-refractivity contribution in [3.05, 3.63) is 82.4 Å². The molecule has 1 aliphatic rings. The SMILES string of the molecule is CCCOc1cc([C@H]2CCC(CCC)CO2)cc(F)c1-c1cc(F)c(CF)c(F)c1.FOc1cc(F)c(F)c(F)c1. The van der Waals surface area contributed by atoms with E-state index in [1.54, 1.807) is 6.07 Å². The van der Waals surface area contributed by atoms with E-state index in [9.17, 15) is 30.9 Å². The average molecular weight is 591 g/mol. The number of halogens is 8. The Bertz CT molecular complexity index is 1260. The highest BCUT2D eigenvalue weighted by Gasteiger charge is 2.26. The first-order valence-corrected chi connectivity index (χ1v) is 13.2. The molecule has 3 aromatic carbocycles. The number of rotatable bonds is 9. The van der Waals surface area contributed by atoms with Crippen LogP contribution in [0.25, 0.3) is 11.1 Å². The first kappa shape index (κ1) is 32.2. The zero-order valence-electron chi connectivity index (χ0n) is 22.5. The Kier molecular flexibility index (Phi) is 11.8. The van der Waals surface area contributed by atoms with Gasteiger partial charge in [0, 0.05) is 16.7 Å². The van der Waals surface area contributed by atoms with Crippen LogP contribution in [0.3, 0.4) is 0 Å². The third-order valence-corrected chi connectivity index (χ3v) is 6.59. The van der Waals surface area contributed by atoms with Gasteiger partial charge in [0.25, 0.3) is 0 Å². The topological polar surface area (TPSA) is 27.7 Å². The van der Waals surface area contributed by atoms with Gasteiger partial charge in [0.2, 0.25) is 0 Å². The van der Waals surface area contributed by atoms with Crippen LogP contribution in [0.15, 0.2) is 36.4 Å². The molecule has 1 unspecified atom stereocenters. The molecule has 0 N–H and O–H groups in total. The Morgan fingerprint density at radius 3 is 1.98 bits per heavy atom. The Morgan fingerprint density at radius 1 is 0.805 bits per heavy atom. The Hall–Kier alpha value is -3.34. The van der Waals surface area contributed by atoms with E-state index in [2.05, 4.69) is 11.9 Å². The molecule has 0 amide bonds. The summed E-state index contributed by atoms with van der Waals surface area (Å²) in [5.41, 5.74) is -0.0670. The van der Waals surface area contributed by atoms with Crippen molar-refractivity contribution in [1.82, 2.24) is 0 Å². The molecule has 3 nitrogen and oxygen atoms in total. The largest absolute Gasteiger partial charge is 0.493 e. The molecule has 3 aromatic rings. The summed E-state index contributed by atoms with van der Waals surface area (Å²) in [5.74, 6) is -7.35. The van der Waals surface area contributed by atoms with Gasteiger partial charge in [-0.05, 0) is 67.0 Å². The monoisotopic (exact) mass is 590 g/mol. The molecule has 41 heavy (non-hydrogen) atoms. The minimum absolute atomic E-state index is 0.0232. The molecular weight excluding hydrogens is 560 g/mol. The van der Waals surface area contributed by atoms with Gasteiger partial charge in [-0.3, -0.25) is 4.94 Å². The molecule has 0 bridgehead atoms. The van der Waals surface area contributed by atoms with Gasteiger partial charge < -0.3 is 9.47 Å². The first-order valence-electron chi connectivity index (χ1n) is 13.2. The third-order valence-electron chi connectivity index (χ3n) is 6.59. The van der Waals surface area contributed by atoms with E-state index in [1.165, 1.54) is 6.07 Å². The standard InChI is InChI=1S/C24H28F4O2.C6H2F4O/c1-3-5-15-6-7-22(30-14-15)16-9-21(28)24(23(12-16)29-8-4-2)17-10-19(26)18(13-25)20(27)11-17;7-4-1-3(11-10)2-5(8)6(4)9/h9-12,15,22H,3-8,13-14H2,1-2H3;1-2H/t15?,22-;/m1./s1. The predicted molar refractivity (Wildman–Crippen MR) is 137 cm³/mol. The van der Waals surface area contributed by atoms with Crippen LogP contribution in [0.4, 0.5) is 35.3 Å². The Morgan fingerprint density at radius 2 is 1.46 bits per heavy atom. The molecule has 1 heterocycles. The summed E-state index contributed by atoms with van der Waals surface area (Å²) in [5, 5.41) is 0. The van der Waals surface area contributed by atoms with Gasteiger partial charge in [-0.15, -0.1) is 0 Å². The Labute approximate surface area is 232 Å². The van der Waals surface area contributed by atoms with Crippen molar-refractivity contribution in [2.45, 2.75) is 58.7 Å². The number of alkyl halides is 1.